The summed E-state index contributed by atoms with van der Waals surface area (Å²) in [5.41, 5.74) is -0.528. The molecule has 27 heavy (non-hydrogen) atoms. The molecule has 0 aromatic heterocycles. The van der Waals surface area contributed by atoms with Crippen molar-refractivity contribution in [3.8, 4) is 0 Å². The van der Waals surface area contributed by atoms with Crippen LogP contribution in [0, 0.1) is 23.7 Å². The minimum Gasteiger partial charge on any atom is -0.444 e. The average molecular weight is 378 g/mol. The van der Waals surface area contributed by atoms with Crippen molar-refractivity contribution >= 4 is 6.09 Å². The molecule has 0 radical (unpaired) electrons. The molecule has 2 aliphatic carbocycles. The van der Waals surface area contributed by atoms with Crippen LogP contribution in [0.1, 0.15) is 73.1 Å². The Labute approximate surface area is 165 Å². The summed E-state index contributed by atoms with van der Waals surface area (Å²) in [5, 5.41) is 13.4. The molecule has 0 bridgehead atoms. The van der Waals surface area contributed by atoms with E-state index in [0.29, 0.717) is 18.3 Å². The molecule has 0 saturated heterocycles. The smallest absolute Gasteiger partial charge is 0.407 e. The van der Waals surface area contributed by atoms with Gasteiger partial charge in [0.05, 0.1) is 12.1 Å². The molecule has 0 unspecified atom stereocenters. The predicted molar refractivity (Wildman–Crippen MR) is 110 cm³/mol. The second kappa shape index (κ2) is 9.77. The van der Waals surface area contributed by atoms with Crippen LogP contribution in [0.5, 0.6) is 0 Å². The van der Waals surface area contributed by atoms with Gasteiger partial charge in [0.15, 0.2) is 0 Å². The second-order valence-corrected chi connectivity index (χ2v) is 9.30. The Kier molecular flexibility index (Phi) is 7.96. The molecule has 1 saturated carbocycles. The molecule has 154 valence electrons. The van der Waals surface area contributed by atoms with E-state index in [2.05, 4.69) is 36.5 Å². The van der Waals surface area contributed by atoms with Gasteiger partial charge in [-0.25, -0.2) is 4.79 Å². The second-order valence-electron chi connectivity index (χ2n) is 9.30. The van der Waals surface area contributed by atoms with Gasteiger partial charge in [-0.1, -0.05) is 37.6 Å². The van der Waals surface area contributed by atoms with E-state index in [1.165, 1.54) is 19.3 Å². The van der Waals surface area contributed by atoms with Gasteiger partial charge in [-0.3, -0.25) is 0 Å². The Morgan fingerprint density at radius 3 is 2.74 bits per heavy atom. The van der Waals surface area contributed by atoms with Crippen LogP contribution in [0.2, 0.25) is 0 Å². The highest BCUT2D eigenvalue weighted by Crippen LogP contribution is 2.46. The lowest BCUT2D eigenvalue weighted by Gasteiger charge is -2.36. The Morgan fingerprint density at radius 2 is 2.07 bits per heavy atom. The maximum Gasteiger partial charge on any atom is 0.407 e. The molecule has 0 heterocycles. The first kappa shape index (κ1) is 22.0. The zero-order chi connectivity index (χ0) is 20.0. The number of hydrogen-bond acceptors (Lipinski definition) is 3. The SMILES string of the molecule is CC/C=C/[C@@H]1C=C[C@@H]2CCC[C@H]2[C@@H]1CC[C@@H](O)[C@H](C)NC(=O)OC(C)(C)C. The Hall–Kier alpha value is -1.29. The highest BCUT2D eigenvalue weighted by Gasteiger charge is 2.38. The van der Waals surface area contributed by atoms with Crippen molar-refractivity contribution in [2.45, 2.75) is 90.9 Å². The number of aliphatic hydroxyl groups excluding tert-OH is 1. The summed E-state index contributed by atoms with van der Waals surface area (Å²) in [6.45, 7) is 9.54. The number of carbonyl (C=O) groups is 1. The van der Waals surface area contributed by atoms with Gasteiger partial charge in [0.2, 0.25) is 0 Å². The first-order valence-electron chi connectivity index (χ1n) is 10.7. The summed E-state index contributed by atoms with van der Waals surface area (Å²) in [6, 6.07) is -0.317. The topological polar surface area (TPSA) is 58.6 Å². The quantitative estimate of drug-likeness (QED) is 0.598. The zero-order valence-corrected chi connectivity index (χ0v) is 17.8. The van der Waals surface area contributed by atoms with E-state index in [1.807, 2.05) is 27.7 Å². The molecule has 6 atom stereocenters. The molecule has 0 aliphatic heterocycles. The van der Waals surface area contributed by atoms with E-state index in [0.717, 1.165) is 24.7 Å². The first-order valence-corrected chi connectivity index (χ1v) is 10.7. The van der Waals surface area contributed by atoms with E-state index in [1.54, 1.807) is 0 Å². The van der Waals surface area contributed by atoms with Crippen molar-refractivity contribution in [1.29, 1.82) is 0 Å². The summed E-state index contributed by atoms with van der Waals surface area (Å²) in [7, 11) is 0. The van der Waals surface area contributed by atoms with E-state index < -0.39 is 17.8 Å². The molecule has 2 N–H and O–H groups in total. The van der Waals surface area contributed by atoms with E-state index in [-0.39, 0.29) is 6.04 Å². The Morgan fingerprint density at radius 1 is 1.33 bits per heavy atom. The normalized spacial score (nSPS) is 30.1. The number of allylic oxidation sites excluding steroid dienone is 4. The summed E-state index contributed by atoms with van der Waals surface area (Å²) >= 11 is 0. The molecule has 2 rings (SSSR count). The fraction of sp³-hybridized carbons (Fsp3) is 0.783. The van der Waals surface area contributed by atoms with Crippen LogP contribution in [0.15, 0.2) is 24.3 Å². The first-order chi connectivity index (χ1) is 12.7. The minimum absolute atomic E-state index is 0.317. The Balaban J connectivity index is 1.90. The third-order valence-electron chi connectivity index (χ3n) is 5.96. The fourth-order valence-electron chi connectivity index (χ4n) is 4.60. The van der Waals surface area contributed by atoms with Gasteiger partial charge in [0.25, 0.3) is 0 Å². The van der Waals surface area contributed by atoms with Crippen LogP contribution in [-0.2, 0) is 4.74 Å². The lowest BCUT2D eigenvalue weighted by molar-refractivity contribution is 0.0414. The van der Waals surface area contributed by atoms with Crippen LogP contribution in [0.25, 0.3) is 0 Å². The van der Waals surface area contributed by atoms with Crippen molar-refractivity contribution in [2.75, 3.05) is 0 Å². The number of ether oxygens (including phenoxy) is 1. The molecule has 1 fully saturated rings. The number of fused-ring (bicyclic) bond motifs is 1. The van der Waals surface area contributed by atoms with Crippen LogP contribution in [0.4, 0.5) is 4.79 Å². The summed E-state index contributed by atoms with van der Waals surface area (Å²) in [5.74, 6) is 2.53. The highest BCUT2D eigenvalue weighted by atomic mass is 16.6. The summed E-state index contributed by atoms with van der Waals surface area (Å²) in [6.07, 6.45) is 15.1. The Bertz CT molecular complexity index is 534. The molecule has 1 amide bonds. The largest absolute Gasteiger partial charge is 0.444 e. The lowest BCUT2D eigenvalue weighted by atomic mass is 9.69. The lowest BCUT2D eigenvalue weighted by Crippen LogP contribution is -2.44. The van der Waals surface area contributed by atoms with Gasteiger partial charge in [0.1, 0.15) is 5.60 Å². The molecule has 4 heteroatoms. The number of hydrogen-bond donors (Lipinski definition) is 2. The molecular weight excluding hydrogens is 338 g/mol. The summed E-state index contributed by atoms with van der Waals surface area (Å²) in [4.78, 5) is 11.9. The molecule has 0 spiro atoms. The molecule has 2 aliphatic rings. The molecular formula is C23H39NO3. The number of alkyl carbamates (subject to hydrolysis) is 1. The highest BCUT2D eigenvalue weighted by molar-refractivity contribution is 5.68. The van der Waals surface area contributed by atoms with Gasteiger partial charge >= 0.3 is 6.09 Å². The van der Waals surface area contributed by atoms with E-state index in [4.69, 9.17) is 4.74 Å². The van der Waals surface area contributed by atoms with Crippen molar-refractivity contribution < 1.29 is 14.6 Å². The van der Waals surface area contributed by atoms with Crippen molar-refractivity contribution in [1.82, 2.24) is 5.32 Å². The molecule has 4 nitrogen and oxygen atoms in total. The molecule has 0 aromatic carbocycles. The van der Waals surface area contributed by atoms with Gasteiger partial charge in [0, 0.05) is 0 Å². The number of aliphatic hydroxyl groups is 1. The minimum atomic E-state index is -0.556. The number of nitrogens with one attached hydrogen (secondary N) is 1. The third kappa shape index (κ3) is 6.67. The number of amides is 1. The van der Waals surface area contributed by atoms with Crippen LogP contribution in [-0.4, -0.2) is 28.9 Å². The van der Waals surface area contributed by atoms with Gasteiger partial charge in [-0.05, 0) is 83.5 Å². The fourth-order valence-corrected chi connectivity index (χ4v) is 4.60. The van der Waals surface area contributed by atoms with E-state index in [9.17, 15) is 9.90 Å². The van der Waals surface area contributed by atoms with E-state index >= 15 is 0 Å². The van der Waals surface area contributed by atoms with Crippen LogP contribution >= 0.6 is 0 Å². The standard InChI is InChI=1S/C23H39NO3/c1-6-7-9-17-12-13-18-10-8-11-19(18)20(17)14-15-21(25)16(2)24-22(26)27-23(3,4)5/h7,9,12-13,16-21,25H,6,8,10-11,14-15H2,1-5H3,(H,24,26)/b9-7+/t16-,17+,18-,19+,20+,21+/m0/s1. The predicted octanol–water partition coefficient (Wildman–Crippen LogP) is 5.23. The molecule has 0 aromatic rings. The summed E-state index contributed by atoms with van der Waals surface area (Å²) < 4.78 is 5.29. The van der Waals surface area contributed by atoms with Crippen molar-refractivity contribution in [2.24, 2.45) is 23.7 Å². The number of rotatable bonds is 7. The average Bonchev–Trinajstić information content (AvgIpc) is 3.04. The van der Waals surface area contributed by atoms with Crippen molar-refractivity contribution in [3.63, 3.8) is 0 Å². The number of carbonyl (C=O) groups excluding carboxylic acids is 1. The van der Waals surface area contributed by atoms with Crippen LogP contribution in [0.3, 0.4) is 0 Å². The van der Waals surface area contributed by atoms with Crippen molar-refractivity contribution in [3.05, 3.63) is 24.3 Å². The maximum absolute atomic E-state index is 11.9. The zero-order valence-electron chi connectivity index (χ0n) is 17.8. The van der Waals surface area contributed by atoms with Crippen LogP contribution < -0.4 is 5.32 Å². The third-order valence-corrected chi connectivity index (χ3v) is 5.96. The monoisotopic (exact) mass is 377 g/mol. The maximum atomic E-state index is 11.9. The van der Waals surface area contributed by atoms with Gasteiger partial charge in [-0.2, -0.15) is 0 Å². The van der Waals surface area contributed by atoms with Gasteiger partial charge in [-0.15, -0.1) is 0 Å². The van der Waals surface area contributed by atoms with Gasteiger partial charge < -0.3 is 15.2 Å².